The van der Waals surface area contributed by atoms with Gasteiger partial charge in [-0.1, -0.05) is 6.92 Å². The molecule has 5 unspecified atom stereocenters. The summed E-state index contributed by atoms with van der Waals surface area (Å²) < 4.78 is 23.5. The zero-order valence-electron chi connectivity index (χ0n) is 16.6. The second-order valence-corrected chi connectivity index (χ2v) is 6.44. The molecular formula is C20H26FNO8. The lowest BCUT2D eigenvalue weighted by Gasteiger charge is -2.38. The van der Waals surface area contributed by atoms with Crippen LogP contribution in [0.1, 0.15) is 32.3 Å². The van der Waals surface area contributed by atoms with Crippen LogP contribution < -0.4 is 10.1 Å². The standard InChI is InChI=1S/C15H18FNO8.C5H8/c1-6(18)17-8-2-3-9(7(4-8)5-16)24-15-12(21)10(19)11(20)13(25-15)14(22)23;1-3-5-4-2/h2-4,10-13,15,19-21H,5H2,1H3,(H,17,18)(H,22,23);1H,4-5H2,2H3. The fraction of sp³-hybridized carbons (Fsp3) is 0.500. The van der Waals surface area contributed by atoms with Gasteiger partial charge in [0.05, 0.1) is 0 Å². The van der Waals surface area contributed by atoms with Crippen LogP contribution in [0.5, 0.6) is 5.75 Å². The average Bonchev–Trinajstić information content (AvgIpc) is 2.69. The van der Waals surface area contributed by atoms with Gasteiger partial charge in [0, 0.05) is 24.6 Å². The van der Waals surface area contributed by atoms with Crippen molar-refractivity contribution in [2.24, 2.45) is 0 Å². The number of carbonyl (C=O) groups excluding carboxylic acids is 1. The molecule has 0 aromatic heterocycles. The van der Waals surface area contributed by atoms with Gasteiger partial charge < -0.3 is 35.2 Å². The van der Waals surface area contributed by atoms with Gasteiger partial charge >= 0.3 is 5.97 Å². The number of amides is 1. The molecule has 9 nitrogen and oxygen atoms in total. The number of aliphatic hydroxyl groups excluding tert-OH is 3. The first kappa shape index (κ1) is 25.3. The van der Waals surface area contributed by atoms with Gasteiger partial charge in [-0.15, -0.1) is 12.3 Å². The third kappa shape index (κ3) is 6.96. The molecule has 0 bridgehead atoms. The Morgan fingerprint density at radius 1 is 1.27 bits per heavy atom. The minimum atomic E-state index is -1.85. The molecule has 1 aromatic carbocycles. The maximum Gasteiger partial charge on any atom is 0.335 e. The number of aliphatic hydroxyl groups is 3. The number of hydrogen-bond donors (Lipinski definition) is 5. The molecule has 1 amide bonds. The zero-order valence-corrected chi connectivity index (χ0v) is 16.6. The van der Waals surface area contributed by atoms with Crippen molar-refractivity contribution in [1.29, 1.82) is 0 Å². The van der Waals surface area contributed by atoms with Gasteiger partial charge in [0.1, 0.15) is 30.7 Å². The van der Waals surface area contributed by atoms with E-state index >= 15 is 0 Å². The van der Waals surface area contributed by atoms with E-state index in [-0.39, 0.29) is 17.2 Å². The summed E-state index contributed by atoms with van der Waals surface area (Å²) in [6, 6.07) is 4.00. The molecule has 0 saturated carbocycles. The highest BCUT2D eigenvalue weighted by molar-refractivity contribution is 5.88. The average molecular weight is 427 g/mol. The molecule has 0 radical (unpaired) electrons. The fourth-order valence-electron chi connectivity index (χ4n) is 2.50. The minimum absolute atomic E-state index is 0.00883. The Morgan fingerprint density at radius 3 is 2.40 bits per heavy atom. The third-order valence-corrected chi connectivity index (χ3v) is 3.98. The number of halogens is 1. The minimum Gasteiger partial charge on any atom is -0.479 e. The maximum absolute atomic E-state index is 13.2. The van der Waals surface area contributed by atoms with E-state index < -0.39 is 43.3 Å². The van der Waals surface area contributed by atoms with Gasteiger partial charge in [-0.3, -0.25) is 4.79 Å². The van der Waals surface area contributed by atoms with Crippen LogP contribution in [-0.2, 0) is 21.0 Å². The predicted molar refractivity (Wildman–Crippen MR) is 104 cm³/mol. The molecule has 1 aliphatic rings. The summed E-state index contributed by atoms with van der Waals surface area (Å²) in [6.07, 6.45) is -1.99. The second-order valence-electron chi connectivity index (χ2n) is 6.44. The highest BCUT2D eigenvalue weighted by Gasteiger charge is 2.48. The van der Waals surface area contributed by atoms with Crippen molar-refractivity contribution in [2.75, 3.05) is 5.32 Å². The summed E-state index contributed by atoms with van der Waals surface area (Å²) in [5, 5.41) is 40.7. The molecule has 1 aliphatic heterocycles. The lowest BCUT2D eigenvalue weighted by atomic mass is 9.99. The molecular weight excluding hydrogens is 401 g/mol. The molecule has 0 aliphatic carbocycles. The number of aliphatic carboxylic acids is 1. The molecule has 5 atom stereocenters. The van der Waals surface area contributed by atoms with Crippen LogP contribution in [0.4, 0.5) is 10.1 Å². The van der Waals surface area contributed by atoms with Crippen molar-refractivity contribution in [3.63, 3.8) is 0 Å². The number of anilines is 1. The number of ether oxygens (including phenoxy) is 2. The quantitative estimate of drug-likeness (QED) is 0.419. The summed E-state index contributed by atoms with van der Waals surface area (Å²) >= 11 is 0. The van der Waals surface area contributed by atoms with Crippen LogP contribution in [0.15, 0.2) is 18.2 Å². The van der Waals surface area contributed by atoms with Gasteiger partial charge in [-0.25, -0.2) is 9.18 Å². The van der Waals surface area contributed by atoms with Crippen molar-refractivity contribution in [1.82, 2.24) is 0 Å². The van der Waals surface area contributed by atoms with E-state index in [2.05, 4.69) is 18.2 Å². The number of rotatable bonds is 6. The zero-order chi connectivity index (χ0) is 22.8. The smallest absolute Gasteiger partial charge is 0.335 e. The summed E-state index contributed by atoms with van der Waals surface area (Å²) in [5.41, 5.74) is 0.325. The normalized spacial score (nSPS) is 25.3. The van der Waals surface area contributed by atoms with E-state index in [4.69, 9.17) is 21.0 Å². The summed E-state index contributed by atoms with van der Waals surface area (Å²) in [4.78, 5) is 22.1. The van der Waals surface area contributed by atoms with Crippen LogP contribution in [0.2, 0.25) is 0 Å². The molecule has 0 spiro atoms. The number of benzene rings is 1. The number of nitrogens with one attached hydrogen (secondary N) is 1. The van der Waals surface area contributed by atoms with E-state index in [0.29, 0.717) is 5.69 Å². The Hall–Kier alpha value is -2.71. The molecule has 1 aromatic rings. The Morgan fingerprint density at radius 2 is 1.93 bits per heavy atom. The Bertz CT molecular complexity index is 766. The van der Waals surface area contributed by atoms with Gasteiger partial charge in [0.15, 0.2) is 6.10 Å². The Kier molecular flexibility index (Phi) is 10.2. The Labute approximate surface area is 173 Å². The van der Waals surface area contributed by atoms with Crippen molar-refractivity contribution >= 4 is 17.6 Å². The fourth-order valence-corrected chi connectivity index (χ4v) is 2.50. The monoisotopic (exact) mass is 427 g/mol. The lowest BCUT2D eigenvalue weighted by Crippen LogP contribution is -2.61. The van der Waals surface area contributed by atoms with E-state index in [9.17, 15) is 29.3 Å². The number of alkyl halides is 1. The SMILES string of the molecule is C#CCCC.CC(=O)Nc1ccc(OC2OC(C(=O)O)C(O)C(O)C2O)c(CF)c1. The summed E-state index contributed by atoms with van der Waals surface area (Å²) in [5.74, 6) is 0.529. The number of carboxylic acids is 1. The largest absolute Gasteiger partial charge is 0.479 e. The molecule has 2 rings (SSSR count). The van der Waals surface area contributed by atoms with E-state index in [0.717, 1.165) is 12.8 Å². The first-order valence-electron chi connectivity index (χ1n) is 9.15. The number of unbranched alkanes of at least 4 members (excludes halogenated alkanes) is 1. The first-order valence-corrected chi connectivity index (χ1v) is 9.15. The van der Waals surface area contributed by atoms with Crippen molar-refractivity contribution < 1.29 is 43.9 Å². The molecule has 1 saturated heterocycles. The number of terminal acetylenes is 1. The topological polar surface area (TPSA) is 146 Å². The van der Waals surface area contributed by atoms with Crippen LogP contribution in [0.25, 0.3) is 0 Å². The van der Waals surface area contributed by atoms with E-state index in [1.807, 2.05) is 0 Å². The third-order valence-electron chi connectivity index (χ3n) is 3.98. The molecule has 30 heavy (non-hydrogen) atoms. The number of carbonyl (C=O) groups is 2. The number of hydrogen-bond acceptors (Lipinski definition) is 7. The van der Waals surface area contributed by atoms with Crippen LogP contribution in [-0.4, -0.2) is 63.0 Å². The highest BCUT2D eigenvalue weighted by Crippen LogP contribution is 2.29. The summed E-state index contributed by atoms with van der Waals surface area (Å²) in [7, 11) is 0. The van der Waals surface area contributed by atoms with Crippen LogP contribution >= 0.6 is 0 Å². The lowest BCUT2D eigenvalue weighted by molar-refractivity contribution is -0.271. The molecule has 1 fully saturated rings. The van der Waals surface area contributed by atoms with E-state index in [1.54, 1.807) is 0 Å². The van der Waals surface area contributed by atoms with Gasteiger partial charge in [0.2, 0.25) is 12.2 Å². The van der Waals surface area contributed by atoms with Gasteiger partial charge in [-0.05, 0) is 24.6 Å². The Balaban J connectivity index is 0.000000804. The van der Waals surface area contributed by atoms with Gasteiger partial charge in [-0.2, -0.15) is 0 Å². The van der Waals surface area contributed by atoms with Crippen molar-refractivity contribution in [2.45, 2.75) is 64.1 Å². The summed E-state index contributed by atoms with van der Waals surface area (Å²) in [6.45, 7) is 2.38. The predicted octanol–water partition coefficient (Wildman–Crippen LogP) is 0.805. The maximum atomic E-state index is 13.2. The first-order chi connectivity index (χ1) is 14.2. The van der Waals surface area contributed by atoms with Gasteiger partial charge in [0.25, 0.3) is 0 Å². The highest BCUT2D eigenvalue weighted by atomic mass is 19.1. The van der Waals surface area contributed by atoms with Crippen molar-refractivity contribution in [3.05, 3.63) is 23.8 Å². The van der Waals surface area contributed by atoms with Crippen LogP contribution in [0.3, 0.4) is 0 Å². The molecule has 1 heterocycles. The molecule has 10 heteroatoms. The number of carboxylic acid groups (broad SMARTS) is 1. The van der Waals surface area contributed by atoms with Crippen molar-refractivity contribution in [3.8, 4) is 18.1 Å². The molecule has 5 N–H and O–H groups in total. The van der Waals surface area contributed by atoms with E-state index in [1.165, 1.54) is 25.1 Å². The second kappa shape index (κ2) is 12.1. The molecule has 166 valence electrons. The van der Waals surface area contributed by atoms with Crippen LogP contribution in [0, 0.1) is 12.3 Å².